The zero-order chi connectivity index (χ0) is 12.6. The van der Waals surface area contributed by atoms with Crippen LogP contribution in [0.4, 0.5) is 0 Å². The van der Waals surface area contributed by atoms with E-state index in [4.69, 9.17) is 20.3 Å². The van der Waals surface area contributed by atoms with E-state index in [1.54, 1.807) is 0 Å². The van der Waals surface area contributed by atoms with Crippen LogP contribution in [0.2, 0.25) is 19.6 Å². The second kappa shape index (κ2) is 3.96. The van der Waals surface area contributed by atoms with Crippen molar-refractivity contribution in [2.45, 2.75) is 25.2 Å². The van der Waals surface area contributed by atoms with Crippen LogP contribution in [0.25, 0.3) is 0 Å². The molecule has 88 valence electrons. The van der Waals surface area contributed by atoms with Gasteiger partial charge in [0.05, 0.1) is 14.2 Å². The predicted molar refractivity (Wildman–Crippen MR) is 62.0 cm³/mol. The van der Waals surface area contributed by atoms with Crippen LogP contribution in [-0.4, -0.2) is 33.9 Å². The van der Waals surface area contributed by atoms with E-state index in [1.165, 1.54) is 14.2 Å². The van der Waals surface area contributed by atoms with Crippen LogP contribution in [0, 0.1) is 12.3 Å². The van der Waals surface area contributed by atoms with Gasteiger partial charge in [-0.1, -0.05) is 5.92 Å². The molecule has 4 nitrogen and oxygen atoms in total. The van der Waals surface area contributed by atoms with Crippen LogP contribution in [0.15, 0.2) is 11.5 Å². The number of terminal acetylenes is 1. The van der Waals surface area contributed by atoms with Gasteiger partial charge in [-0.05, 0) is 19.6 Å². The van der Waals surface area contributed by atoms with Crippen LogP contribution in [0.3, 0.4) is 0 Å². The highest BCUT2D eigenvalue weighted by Crippen LogP contribution is 2.40. The number of carbonyl (C=O) groups excluding carboxylic acids is 1. The Morgan fingerprint density at radius 2 is 1.81 bits per heavy atom. The molecule has 0 spiro atoms. The summed E-state index contributed by atoms with van der Waals surface area (Å²) < 4.78 is 15.8. The monoisotopic (exact) mass is 240 g/mol. The van der Waals surface area contributed by atoms with Gasteiger partial charge in [-0.15, -0.1) is 6.42 Å². The summed E-state index contributed by atoms with van der Waals surface area (Å²) in [6.07, 6.45) is 5.41. The number of carbonyl (C=O) groups is 1. The molecule has 16 heavy (non-hydrogen) atoms. The third-order valence-corrected chi connectivity index (χ3v) is 3.04. The molecule has 0 N–H and O–H groups in total. The van der Waals surface area contributed by atoms with Crippen molar-refractivity contribution in [3.05, 3.63) is 11.5 Å². The number of methoxy groups -OCH3 is 2. The summed E-state index contributed by atoms with van der Waals surface area (Å²) in [5.74, 6) is 2.50. The largest absolute Gasteiger partial charge is 0.493 e. The number of ketones is 1. The van der Waals surface area contributed by atoms with Gasteiger partial charge in [0.1, 0.15) is 0 Å². The molecule has 1 atom stereocenters. The van der Waals surface area contributed by atoms with Crippen molar-refractivity contribution < 1.29 is 18.7 Å². The smallest absolute Gasteiger partial charge is 0.252 e. The van der Waals surface area contributed by atoms with Crippen LogP contribution in [-0.2, 0) is 18.7 Å². The van der Waals surface area contributed by atoms with E-state index in [0.717, 1.165) is 0 Å². The lowest BCUT2D eigenvalue weighted by Crippen LogP contribution is -2.57. The number of ether oxygens (including phenoxy) is 2. The van der Waals surface area contributed by atoms with E-state index in [9.17, 15) is 4.79 Å². The summed E-state index contributed by atoms with van der Waals surface area (Å²) in [5.41, 5.74) is -1.37. The summed E-state index contributed by atoms with van der Waals surface area (Å²) in [4.78, 5) is 11.9. The van der Waals surface area contributed by atoms with Crippen LogP contribution >= 0.6 is 0 Å². The number of hydrogen-bond acceptors (Lipinski definition) is 4. The molecule has 0 aromatic rings. The Bertz CT molecular complexity index is 386. The molecule has 0 bridgehead atoms. The van der Waals surface area contributed by atoms with Gasteiger partial charge in [-0.3, -0.25) is 4.79 Å². The highest BCUT2D eigenvalue weighted by atomic mass is 28.4. The van der Waals surface area contributed by atoms with E-state index in [2.05, 4.69) is 5.92 Å². The molecule has 0 saturated carbocycles. The van der Waals surface area contributed by atoms with Crippen molar-refractivity contribution in [3.8, 4) is 12.3 Å². The molecular formula is C11H16O4Si. The quantitative estimate of drug-likeness (QED) is 0.549. The minimum Gasteiger partial charge on any atom is -0.493 e. The maximum absolute atomic E-state index is 11.9. The fourth-order valence-corrected chi connectivity index (χ4v) is 2.76. The number of hydrogen-bond donors (Lipinski definition) is 0. The maximum Gasteiger partial charge on any atom is 0.252 e. The lowest BCUT2D eigenvalue weighted by Gasteiger charge is -2.40. The molecule has 1 unspecified atom stereocenters. The van der Waals surface area contributed by atoms with Gasteiger partial charge >= 0.3 is 0 Å². The molecule has 5 heteroatoms. The Hall–Kier alpha value is -1.25. The summed E-state index contributed by atoms with van der Waals surface area (Å²) in [7, 11) is 0.890. The number of Topliss-reactive ketones (excluding diaryl/α,β-unsaturated/α-hetero) is 1. The third kappa shape index (κ3) is 1.75. The van der Waals surface area contributed by atoms with Gasteiger partial charge in [0.25, 0.3) is 5.78 Å². The average Bonchev–Trinajstić information content (AvgIpc) is 2.20. The molecule has 1 aliphatic carbocycles. The Labute approximate surface area is 96.7 Å². The van der Waals surface area contributed by atoms with E-state index >= 15 is 0 Å². The highest BCUT2D eigenvalue weighted by Gasteiger charge is 2.59. The summed E-state index contributed by atoms with van der Waals surface area (Å²) >= 11 is 0. The van der Waals surface area contributed by atoms with Crippen molar-refractivity contribution in [3.63, 3.8) is 0 Å². The molecular weight excluding hydrogens is 224 g/mol. The Balaban J connectivity index is 3.16. The van der Waals surface area contributed by atoms with Crippen molar-refractivity contribution >= 4 is 14.1 Å². The molecule has 0 aliphatic heterocycles. The van der Waals surface area contributed by atoms with Gasteiger partial charge in [0, 0.05) is 0 Å². The van der Waals surface area contributed by atoms with Crippen molar-refractivity contribution in [1.82, 2.24) is 0 Å². The SMILES string of the molecule is C#CC1(O[Si](C)(C)C)C(=O)C(OC)=C1OC. The minimum absolute atomic E-state index is 0.152. The normalized spacial score (nSPS) is 24.9. The molecule has 0 fully saturated rings. The summed E-state index contributed by atoms with van der Waals surface area (Å²) in [5, 5.41) is 0. The fourth-order valence-electron chi connectivity index (χ4n) is 1.60. The van der Waals surface area contributed by atoms with Gasteiger partial charge in [0.15, 0.2) is 14.1 Å². The molecule has 1 rings (SSSR count). The first-order chi connectivity index (χ1) is 7.32. The topological polar surface area (TPSA) is 44.8 Å². The molecule has 0 aromatic heterocycles. The summed E-state index contributed by atoms with van der Waals surface area (Å²) in [6.45, 7) is 5.87. The molecule has 0 amide bonds. The van der Waals surface area contributed by atoms with Crippen molar-refractivity contribution in [2.75, 3.05) is 14.2 Å². The molecule has 0 radical (unpaired) electrons. The first kappa shape index (κ1) is 12.8. The van der Waals surface area contributed by atoms with Crippen LogP contribution in [0.1, 0.15) is 0 Å². The first-order valence-corrected chi connectivity index (χ1v) is 8.28. The Morgan fingerprint density at radius 1 is 1.25 bits per heavy atom. The van der Waals surface area contributed by atoms with E-state index in [1.807, 2.05) is 19.6 Å². The van der Waals surface area contributed by atoms with Crippen LogP contribution in [0.5, 0.6) is 0 Å². The standard InChI is InChI=1S/C11H16O4Si/c1-7-11(15-16(4,5)6)9(12)8(13-2)10(11)14-3/h1H,2-6H3. The lowest BCUT2D eigenvalue weighted by atomic mass is 9.84. The van der Waals surface area contributed by atoms with Gasteiger partial charge in [-0.2, -0.15) is 0 Å². The fraction of sp³-hybridized carbons (Fsp3) is 0.545. The minimum atomic E-state index is -1.96. The Morgan fingerprint density at radius 3 is 2.12 bits per heavy atom. The first-order valence-electron chi connectivity index (χ1n) is 4.88. The Kier molecular flexibility index (Phi) is 3.17. The second-order valence-electron chi connectivity index (χ2n) is 4.44. The predicted octanol–water partition coefficient (Wildman–Crippen LogP) is 1.30. The van der Waals surface area contributed by atoms with Crippen molar-refractivity contribution in [2.24, 2.45) is 0 Å². The summed E-state index contributed by atoms with van der Waals surface area (Å²) in [6, 6.07) is 0. The number of rotatable bonds is 4. The zero-order valence-electron chi connectivity index (χ0n) is 10.2. The molecule has 1 aliphatic rings. The molecule has 0 aromatic carbocycles. The van der Waals surface area contributed by atoms with E-state index < -0.39 is 13.9 Å². The maximum atomic E-state index is 11.9. The molecule has 0 saturated heterocycles. The van der Waals surface area contributed by atoms with Gasteiger partial charge in [0.2, 0.25) is 11.4 Å². The van der Waals surface area contributed by atoms with Gasteiger partial charge < -0.3 is 13.9 Å². The second-order valence-corrected chi connectivity index (χ2v) is 8.86. The molecule has 0 heterocycles. The average molecular weight is 240 g/mol. The van der Waals surface area contributed by atoms with Crippen molar-refractivity contribution in [1.29, 1.82) is 0 Å². The van der Waals surface area contributed by atoms with E-state index in [-0.39, 0.29) is 11.5 Å². The lowest BCUT2D eigenvalue weighted by molar-refractivity contribution is -0.137. The zero-order valence-corrected chi connectivity index (χ0v) is 11.2. The van der Waals surface area contributed by atoms with Gasteiger partial charge in [-0.25, -0.2) is 0 Å². The van der Waals surface area contributed by atoms with E-state index in [0.29, 0.717) is 5.76 Å². The third-order valence-electron chi connectivity index (χ3n) is 2.12. The van der Waals surface area contributed by atoms with Crippen LogP contribution < -0.4 is 0 Å². The highest BCUT2D eigenvalue weighted by molar-refractivity contribution is 6.70.